The minimum absolute atomic E-state index is 0.185. The van der Waals surface area contributed by atoms with Gasteiger partial charge in [0.1, 0.15) is 0 Å². The van der Waals surface area contributed by atoms with Crippen LogP contribution in [0.2, 0.25) is 0 Å². The van der Waals surface area contributed by atoms with E-state index in [-0.39, 0.29) is 17.7 Å². The first-order chi connectivity index (χ1) is 9.83. The summed E-state index contributed by atoms with van der Waals surface area (Å²) in [6.45, 7) is 11.7. The molecular formula is C17H32N2O2. The quantitative estimate of drug-likeness (QED) is 0.819. The number of amides is 1. The zero-order chi connectivity index (χ0) is 15.7. The molecule has 4 heteroatoms. The van der Waals surface area contributed by atoms with Gasteiger partial charge in [-0.05, 0) is 52.9 Å². The van der Waals surface area contributed by atoms with Crippen LogP contribution in [-0.2, 0) is 9.53 Å². The molecule has 2 atom stereocenters. The van der Waals surface area contributed by atoms with Crippen LogP contribution in [0.4, 0.5) is 0 Å². The van der Waals surface area contributed by atoms with E-state index in [1.54, 1.807) is 0 Å². The Labute approximate surface area is 129 Å². The third kappa shape index (κ3) is 3.42. The molecule has 21 heavy (non-hydrogen) atoms. The Morgan fingerprint density at radius 1 is 1.33 bits per heavy atom. The summed E-state index contributed by atoms with van der Waals surface area (Å²) < 4.78 is 5.83. The molecule has 0 spiro atoms. The smallest absolute Gasteiger partial charge is 0.243 e. The molecule has 0 radical (unpaired) electrons. The Morgan fingerprint density at radius 3 is 2.48 bits per heavy atom. The van der Waals surface area contributed by atoms with Gasteiger partial charge in [-0.2, -0.15) is 0 Å². The van der Waals surface area contributed by atoms with Crippen LogP contribution >= 0.6 is 0 Å². The molecular weight excluding hydrogens is 264 g/mol. The molecule has 1 saturated heterocycles. The third-order valence-electron chi connectivity index (χ3n) is 5.17. The molecule has 1 amide bonds. The summed E-state index contributed by atoms with van der Waals surface area (Å²) in [5.41, 5.74) is -0.697. The summed E-state index contributed by atoms with van der Waals surface area (Å²) in [5, 5.41) is 3.64. The minimum Gasteiger partial charge on any atom is -0.374 e. The summed E-state index contributed by atoms with van der Waals surface area (Å²) in [7, 11) is 0. The zero-order valence-electron chi connectivity index (χ0n) is 14.4. The van der Waals surface area contributed by atoms with Crippen molar-refractivity contribution in [3.63, 3.8) is 0 Å². The predicted octanol–water partition coefficient (Wildman–Crippen LogP) is 2.92. The molecule has 1 aliphatic carbocycles. The van der Waals surface area contributed by atoms with Crippen LogP contribution < -0.4 is 5.32 Å². The molecule has 1 saturated carbocycles. The second-order valence-electron chi connectivity index (χ2n) is 7.45. The summed E-state index contributed by atoms with van der Waals surface area (Å²) >= 11 is 0. The van der Waals surface area contributed by atoms with Gasteiger partial charge < -0.3 is 9.64 Å². The standard InChI is InChI=1S/C17H32N2O2/c1-6-17(5)15(20)19(12-16(3,4)21-7-2)14(18-17)13-10-8-9-11-13/h13-14,18H,6-12H2,1-5H3. The van der Waals surface area contributed by atoms with Gasteiger partial charge in [0.05, 0.1) is 23.9 Å². The fourth-order valence-corrected chi connectivity index (χ4v) is 3.82. The Morgan fingerprint density at radius 2 is 1.95 bits per heavy atom. The first kappa shape index (κ1) is 16.8. The van der Waals surface area contributed by atoms with Crippen molar-refractivity contribution in [3.8, 4) is 0 Å². The van der Waals surface area contributed by atoms with Gasteiger partial charge in [-0.15, -0.1) is 0 Å². The van der Waals surface area contributed by atoms with Crippen LogP contribution in [0.1, 0.15) is 66.7 Å². The summed E-state index contributed by atoms with van der Waals surface area (Å²) in [4.78, 5) is 15.0. The monoisotopic (exact) mass is 296 g/mol. The van der Waals surface area contributed by atoms with Crippen molar-refractivity contribution in [2.75, 3.05) is 13.2 Å². The highest BCUT2D eigenvalue weighted by molar-refractivity contribution is 5.88. The zero-order valence-corrected chi connectivity index (χ0v) is 14.4. The van der Waals surface area contributed by atoms with Crippen molar-refractivity contribution >= 4 is 5.91 Å². The van der Waals surface area contributed by atoms with Crippen molar-refractivity contribution in [2.24, 2.45) is 5.92 Å². The first-order valence-electron chi connectivity index (χ1n) is 8.55. The number of hydrogen-bond acceptors (Lipinski definition) is 3. The van der Waals surface area contributed by atoms with Gasteiger partial charge in [0.25, 0.3) is 0 Å². The van der Waals surface area contributed by atoms with Crippen LogP contribution in [0.3, 0.4) is 0 Å². The van der Waals surface area contributed by atoms with Crippen molar-refractivity contribution in [2.45, 2.75) is 84.0 Å². The molecule has 2 fully saturated rings. The number of ether oxygens (including phenoxy) is 1. The summed E-state index contributed by atoms with van der Waals surface area (Å²) in [6, 6.07) is 0. The highest BCUT2D eigenvalue weighted by Gasteiger charge is 2.50. The van der Waals surface area contributed by atoms with Crippen molar-refractivity contribution in [1.29, 1.82) is 0 Å². The number of rotatable bonds is 6. The number of carbonyl (C=O) groups is 1. The highest BCUT2D eigenvalue weighted by atomic mass is 16.5. The van der Waals surface area contributed by atoms with Crippen LogP contribution in [-0.4, -0.2) is 41.3 Å². The summed E-state index contributed by atoms with van der Waals surface area (Å²) in [6.07, 6.45) is 6.07. The number of nitrogens with one attached hydrogen (secondary N) is 1. The highest BCUT2D eigenvalue weighted by Crippen LogP contribution is 2.36. The van der Waals surface area contributed by atoms with E-state index in [2.05, 4.69) is 31.0 Å². The average Bonchev–Trinajstić information content (AvgIpc) is 3.01. The predicted molar refractivity (Wildman–Crippen MR) is 85.0 cm³/mol. The number of carbonyl (C=O) groups excluding carboxylic acids is 1. The largest absolute Gasteiger partial charge is 0.374 e. The maximum Gasteiger partial charge on any atom is 0.243 e. The van der Waals surface area contributed by atoms with Crippen LogP contribution in [0.25, 0.3) is 0 Å². The van der Waals surface area contributed by atoms with Gasteiger partial charge in [-0.25, -0.2) is 0 Å². The fourth-order valence-electron chi connectivity index (χ4n) is 3.82. The van der Waals surface area contributed by atoms with Crippen LogP contribution in [0.5, 0.6) is 0 Å². The molecule has 0 aromatic rings. The van der Waals surface area contributed by atoms with Crippen molar-refractivity contribution in [1.82, 2.24) is 10.2 Å². The van der Waals surface area contributed by atoms with E-state index in [1.165, 1.54) is 25.7 Å². The van der Waals surface area contributed by atoms with Gasteiger partial charge in [-0.3, -0.25) is 10.1 Å². The SMILES string of the molecule is CCOC(C)(C)CN1C(=O)C(C)(CC)NC1C1CCCC1. The molecule has 1 aliphatic heterocycles. The third-order valence-corrected chi connectivity index (χ3v) is 5.17. The van der Waals surface area contributed by atoms with Crippen LogP contribution in [0, 0.1) is 5.92 Å². The molecule has 2 rings (SSSR count). The topological polar surface area (TPSA) is 41.6 Å². The maximum atomic E-state index is 12.9. The summed E-state index contributed by atoms with van der Waals surface area (Å²) in [5.74, 6) is 0.842. The Bertz CT molecular complexity index is 377. The van der Waals surface area contributed by atoms with E-state index < -0.39 is 5.54 Å². The lowest BCUT2D eigenvalue weighted by atomic mass is 9.99. The molecule has 2 aliphatic rings. The van der Waals surface area contributed by atoms with E-state index >= 15 is 0 Å². The van der Waals surface area contributed by atoms with Crippen molar-refractivity contribution < 1.29 is 9.53 Å². The molecule has 1 heterocycles. The van der Waals surface area contributed by atoms with E-state index in [1.807, 2.05) is 13.8 Å². The molecule has 0 bridgehead atoms. The molecule has 4 nitrogen and oxygen atoms in total. The van der Waals surface area contributed by atoms with Gasteiger partial charge in [0, 0.05) is 6.61 Å². The lowest BCUT2D eigenvalue weighted by Crippen LogP contribution is -2.49. The van der Waals surface area contributed by atoms with Crippen LogP contribution in [0.15, 0.2) is 0 Å². The number of nitrogens with zero attached hydrogens (tertiary/aromatic N) is 1. The molecule has 1 N–H and O–H groups in total. The van der Waals surface area contributed by atoms with Crippen molar-refractivity contribution in [3.05, 3.63) is 0 Å². The average molecular weight is 296 g/mol. The van der Waals surface area contributed by atoms with E-state index in [9.17, 15) is 4.79 Å². The van der Waals surface area contributed by atoms with Gasteiger partial charge >= 0.3 is 0 Å². The minimum atomic E-state index is -0.407. The van der Waals surface area contributed by atoms with E-state index in [4.69, 9.17) is 4.74 Å². The molecule has 0 aromatic heterocycles. The van der Waals surface area contributed by atoms with Gasteiger partial charge in [0.15, 0.2) is 0 Å². The van der Waals surface area contributed by atoms with Gasteiger partial charge in [0.2, 0.25) is 5.91 Å². The molecule has 2 unspecified atom stereocenters. The second-order valence-corrected chi connectivity index (χ2v) is 7.45. The number of hydrogen-bond donors (Lipinski definition) is 1. The lowest BCUT2D eigenvalue weighted by Gasteiger charge is -2.35. The van der Waals surface area contributed by atoms with E-state index in [0.717, 1.165) is 6.42 Å². The Kier molecular flexibility index (Phi) is 4.99. The molecule has 0 aromatic carbocycles. The second kappa shape index (κ2) is 6.25. The Balaban J connectivity index is 2.18. The van der Waals surface area contributed by atoms with Gasteiger partial charge in [-0.1, -0.05) is 19.8 Å². The normalized spacial score (nSPS) is 31.4. The maximum absolute atomic E-state index is 12.9. The van der Waals surface area contributed by atoms with E-state index in [0.29, 0.717) is 19.1 Å². The fraction of sp³-hybridized carbons (Fsp3) is 0.941. The molecule has 122 valence electrons. The first-order valence-corrected chi connectivity index (χ1v) is 8.55. The Hall–Kier alpha value is -0.610. The lowest BCUT2D eigenvalue weighted by molar-refractivity contribution is -0.138.